The summed E-state index contributed by atoms with van der Waals surface area (Å²) in [7, 11) is 4.66. The molecule has 0 spiro atoms. The molecule has 1 amide bonds. The monoisotopic (exact) mass is 465 g/mol. The molecule has 0 radical (unpaired) electrons. The van der Waals surface area contributed by atoms with Gasteiger partial charge in [-0.1, -0.05) is 30.0 Å². The van der Waals surface area contributed by atoms with E-state index in [4.69, 9.17) is 18.6 Å². The van der Waals surface area contributed by atoms with Gasteiger partial charge in [-0.05, 0) is 35.9 Å². The fourth-order valence-corrected chi connectivity index (χ4v) is 4.15. The van der Waals surface area contributed by atoms with Gasteiger partial charge in [-0.2, -0.15) is 0 Å². The number of thioether (sulfide) groups is 1. The van der Waals surface area contributed by atoms with Crippen molar-refractivity contribution in [3.05, 3.63) is 60.4 Å². The lowest BCUT2D eigenvalue weighted by molar-refractivity contribution is -0.118. The number of hydrogen-bond donors (Lipinski definition) is 1. The first-order chi connectivity index (χ1) is 16.1. The Morgan fingerprint density at radius 2 is 1.76 bits per heavy atom. The Kier molecular flexibility index (Phi) is 6.99. The summed E-state index contributed by atoms with van der Waals surface area (Å²) < 4.78 is 21.5. The Labute approximate surface area is 195 Å². The van der Waals surface area contributed by atoms with Crippen molar-refractivity contribution < 1.29 is 23.4 Å². The summed E-state index contributed by atoms with van der Waals surface area (Å²) in [6.07, 6.45) is 1.58. The molecule has 0 aliphatic carbocycles. The number of ether oxygens (including phenoxy) is 3. The molecule has 1 N–H and O–H groups in total. The Bertz CT molecular complexity index is 1240. The number of nitrogens with one attached hydrogen (secondary N) is 1. The summed E-state index contributed by atoms with van der Waals surface area (Å²) >= 11 is 1.35. The van der Waals surface area contributed by atoms with Gasteiger partial charge >= 0.3 is 0 Å². The van der Waals surface area contributed by atoms with E-state index in [1.54, 1.807) is 33.7 Å². The molecule has 33 heavy (non-hydrogen) atoms. The maximum absolute atomic E-state index is 12.6. The van der Waals surface area contributed by atoms with Crippen LogP contribution >= 0.6 is 11.8 Å². The topological polar surface area (TPSA) is 95.7 Å². The molecular formula is C24H23N3O5S. The first-order valence-electron chi connectivity index (χ1n) is 10.1. The fraction of sp³-hybridized carbons (Fsp3) is 0.208. The van der Waals surface area contributed by atoms with Crippen molar-refractivity contribution in [2.45, 2.75) is 11.6 Å². The van der Waals surface area contributed by atoms with Gasteiger partial charge in [0.1, 0.15) is 5.03 Å². The van der Waals surface area contributed by atoms with Crippen LogP contribution in [0.3, 0.4) is 0 Å². The molecular weight excluding hydrogens is 442 g/mol. The number of amides is 1. The third-order valence-corrected chi connectivity index (χ3v) is 5.86. The molecule has 9 heteroatoms. The Morgan fingerprint density at radius 3 is 2.42 bits per heavy atom. The highest BCUT2D eigenvalue weighted by atomic mass is 32.2. The molecule has 2 aromatic carbocycles. The van der Waals surface area contributed by atoms with Gasteiger partial charge < -0.3 is 23.9 Å². The van der Waals surface area contributed by atoms with E-state index in [1.807, 2.05) is 42.5 Å². The maximum atomic E-state index is 12.6. The standard InChI is InChI=1S/C24H23N3O5S/c1-29-19-11-15(12-20(30-2)22(19)31-3)13-25-21(28)14-33-24-16-7-4-5-8-17(16)26-23(27-24)18-9-6-10-32-18/h4-12H,13-14H2,1-3H3,(H,25,28). The van der Waals surface area contributed by atoms with E-state index >= 15 is 0 Å². The van der Waals surface area contributed by atoms with E-state index in [-0.39, 0.29) is 11.7 Å². The van der Waals surface area contributed by atoms with Gasteiger partial charge in [0.05, 0.1) is 38.9 Å². The Hall–Kier alpha value is -3.72. The number of carbonyl (C=O) groups is 1. The molecule has 0 fully saturated rings. The van der Waals surface area contributed by atoms with Crippen molar-refractivity contribution in [2.75, 3.05) is 27.1 Å². The SMILES string of the molecule is COc1cc(CNC(=O)CSc2nc(-c3ccco3)nc3ccccc23)cc(OC)c1OC. The van der Waals surface area contributed by atoms with Crippen molar-refractivity contribution in [3.8, 4) is 28.8 Å². The van der Waals surface area contributed by atoms with Gasteiger partial charge in [0, 0.05) is 11.9 Å². The van der Waals surface area contributed by atoms with Crippen LogP contribution < -0.4 is 19.5 Å². The Balaban J connectivity index is 1.46. The van der Waals surface area contributed by atoms with E-state index in [2.05, 4.69) is 15.3 Å². The molecule has 0 aliphatic heterocycles. The average Bonchev–Trinajstić information content (AvgIpc) is 3.40. The number of fused-ring (bicyclic) bond motifs is 1. The molecule has 0 saturated heterocycles. The van der Waals surface area contributed by atoms with Crippen LogP contribution in [0.25, 0.3) is 22.5 Å². The third kappa shape index (κ3) is 5.04. The lowest BCUT2D eigenvalue weighted by Gasteiger charge is -2.14. The highest BCUT2D eigenvalue weighted by Gasteiger charge is 2.15. The van der Waals surface area contributed by atoms with E-state index in [0.717, 1.165) is 21.5 Å². The van der Waals surface area contributed by atoms with Gasteiger partial charge in [-0.3, -0.25) is 4.79 Å². The number of aromatic nitrogens is 2. The number of rotatable bonds is 9. The van der Waals surface area contributed by atoms with Gasteiger partial charge in [-0.15, -0.1) is 0 Å². The third-order valence-electron chi connectivity index (χ3n) is 4.86. The van der Waals surface area contributed by atoms with Gasteiger partial charge in [0.25, 0.3) is 0 Å². The molecule has 2 heterocycles. The summed E-state index contributed by atoms with van der Waals surface area (Å²) in [6, 6.07) is 14.9. The summed E-state index contributed by atoms with van der Waals surface area (Å²) in [5.41, 5.74) is 1.62. The molecule has 0 atom stereocenters. The lowest BCUT2D eigenvalue weighted by Crippen LogP contribution is -2.24. The van der Waals surface area contributed by atoms with Gasteiger partial charge in [-0.25, -0.2) is 9.97 Å². The smallest absolute Gasteiger partial charge is 0.230 e. The number of hydrogen-bond acceptors (Lipinski definition) is 8. The average molecular weight is 466 g/mol. The van der Waals surface area contributed by atoms with Crippen LogP contribution in [0.2, 0.25) is 0 Å². The van der Waals surface area contributed by atoms with Crippen LogP contribution in [0.5, 0.6) is 17.2 Å². The van der Waals surface area contributed by atoms with Crippen molar-refractivity contribution >= 4 is 28.6 Å². The highest BCUT2D eigenvalue weighted by molar-refractivity contribution is 8.00. The zero-order chi connectivity index (χ0) is 23.2. The normalized spacial score (nSPS) is 10.8. The molecule has 0 saturated carbocycles. The van der Waals surface area contributed by atoms with Crippen LogP contribution in [-0.4, -0.2) is 43.0 Å². The quantitative estimate of drug-likeness (QED) is 0.288. The van der Waals surface area contributed by atoms with Crippen molar-refractivity contribution in [3.63, 3.8) is 0 Å². The van der Waals surface area contributed by atoms with Gasteiger partial charge in [0.2, 0.25) is 11.7 Å². The maximum Gasteiger partial charge on any atom is 0.230 e. The molecule has 0 bridgehead atoms. The highest BCUT2D eigenvalue weighted by Crippen LogP contribution is 2.38. The van der Waals surface area contributed by atoms with E-state index in [9.17, 15) is 4.79 Å². The summed E-state index contributed by atoms with van der Waals surface area (Å²) in [5.74, 6) is 2.71. The van der Waals surface area contributed by atoms with Crippen LogP contribution in [0.1, 0.15) is 5.56 Å². The molecule has 8 nitrogen and oxygen atoms in total. The Morgan fingerprint density at radius 1 is 1.00 bits per heavy atom. The second-order valence-electron chi connectivity index (χ2n) is 6.95. The molecule has 2 aromatic heterocycles. The minimum Gasteiger partial charge on any atom is -0.493 e. The minimum absolute atomic E-state index is 0.129. The number of para-hydroxylation sites is 1. The summed E-state index contributed by atoms with van der Waals surface area (Å²) in [5, 5.41) is 4.53. The zero-order valence-corrected chi connectivity index (χ0v) is 19.3. The summed E-state index contributed by atoms with van der Waals surface area (Å²) in [6.45, 7) is 0.318. The number of carbonyl (C=O) groups excluding carboxylic acids is 1. The molecule has 4 aromatic rings. The number of furan rings is 1. The number of methoxy groups -OCH3 is 3. The lowest BCUT2D eigenvalue weighted by atomic mass is 10.2. The van der Waals surface area contributed by atoms with Crippen molar-refractivity contribution in [1.82, 2.24) is 15.3 Å². The van der Waals surface area contributed by atoms with Crippen LogP contribution in [0, 0.1) is 0 Å². The van der Waals surface area contributed by atoms with Crippen LogP contribution in [0.4, 0.5) is 0 Å². The summed E-state index contributed by atoms with van der Waals surface area (Å²) in [4.78, 5) is 21.8. The van der Waals surface area contributed by atoms with E-state index < -0.39 is 0 Å². The largest absolute Gasteiger partial charge is 0.493 e. The number of nitrogens with zero attached hydrogens (tertiary/aromatic N) is 2. The molecule has 0 aliphatic rings. The van der Waals surface area contributed by atoms with E-state index in [0.29, 0.717) is 35.4 Å². The predicted octanol–water partition coefficient (Wildman–Crippen LogP) is 4.32. The fourth-order valence-electron chi connectivity index (χ4n) is 3.30. The second kappa shape index (κ2) is 10.3. The zero-order valence-electron chi connectivity index (χ0n) is 18.5. The number of benzene rings is 2. The van der Waals surface area contributed by atoms with Crippen molar-refractivity contribution in [1.29, 1.82) is 0 Å². The van der Waals surface area contributed by atoms with Gasteiger partial charge in [0.15, 0.2) is 23.1 Å². The van der Waals surface area contributed by atoms with Crippen LogP contribution in [-0.2, 0) is 11.3 Å². The first kappa shape index (κ1) is 22.5. The second-order valence-corrected chi connectivity index (χ2v) is 7.91. The predicted molar refractivity (Wildman–Crippen MR) is 126 cm³/mol. The first-order valence-corrected chi connectivity index (χ1v) is 11.1. The molecule has 170 valence electrons. The molecule has 4 rings (SSSR count). The molecule has 0 unspecified atom stereocenters. The minimum atomic E-state index is -0.129. The van der Waals surface area contributed by atoms with Crippen molar-refractivity contribution in [2.24, 2.45) is 0 Å². The van der Waals surface area contributed by atoms with E-state index in [1.165, 1.54) is 11.8 Å². The van der Waals surface area contributed by atoms with Crippen LogP contribution in [0.15, 0.2) is 64.2 Å².